The molecule has 2 rings (SSSR count). The smallest absolute Gasteiger partial charge is 0.134 e. The molecule has 1 aromatic rings. The summed E-state index contributed by atoms with van der Waals surface area (Å²) in [5.41, 5.74) is 0. The van der Waals surface area contributed by atoms with Crippen molar-refractivity contribution in [2.75, 3.05) is 23.8 Å². The van der Waals surface area contributed by atoms with E-state index in [0.29, 0.717) is 6.04 Å². The third kappa shape index (κ3) is 3.12. The molecule has 0 aromatic carbocycles. The fourth-order valence-electron chi connectivity index (χ4n) is 2.76. The van der Waals surface area contributed by atoms with Crippen LogP contribution in [0.1, 0.15) is 39.5 Å². The molecule has 4 nitrogen and oxygen atoms in total. The summed E-state index contributed by atoms with van der Waals surface area (Å²) in [6.07, 6.45) is 6.91. The molecule has 0 amide bonds. The van der Waals surface area contributed by atoms with Crippen molar-refractivity contribution in [1.29, 1.82) is 0 Å². The van der Waals surface area contributed by atoms with Gasteiger partial charge >= 0.3 is 0 Å². The lowest BCUT2D eigenvalue weighted by molar-refractivity contribution is 0.335. The highest BCUT2D eigenvalue weighted by Gasteiger charge is 2.23. The molecule has 0 bridgehead atoms. The average Bonchev–Trinajstić information content (AvgIpc) is 2.39. The number of hydrogen-bond acceptors (Lipinski definition) is 4. The average molecular weight is 248 g/mol. The van der Waals surface area contributed by atoms with Crippen LogP contribution in [0.4, 0.5) is 11.6 Å². The van der Waals surface area contributed by atoms with Crippen molar-refractivity contribution in [2.24, 2.45) is 5.92 Å². The summed E-state index contributed by atoms with van der Waals surface area (Å²) in [6, 6.07) is 2.67. The number of hydrogen-bond donors (Lipinski definition) is 1. The molecular formula is C14H24N4. The Morgan fingerprint density at radius 1 is 1.39 bits per heavy atom. The quantitative estimate of drug-likeness (QED) is 0.889. The van der Waals surface area contributed by atoms with Gasteiger partial charge < -0.3 is 10.2 Å². The first-order valence-corrected chi connectivity index (χ1v) is 6.99. The monoisotopic (exact) mass is 248 g/mol. The molecule has 0 aliphatic heterocycles. The van der Waals surface area contributed by atoms with Gasteiger partial charge in [-0.25, -0.2) is 9.97 Å². The number of nitrogens with zero attached hydrogens (tertiary/aromatic N) is 3. The Morgan fingerprint density at radius 2 is 2.22 bits per heavy atom. The van der Waals surface area contributed by atoms with Crippen molar-refractivity contribution in [2.45, 2.75) is 45.6 Å². The first-order valence-electron chi connectivity index (χ1n) is 6.99. The fraction of sp³-hybridized carbons (Fsp3) is 0.714. The molecule has 0 spiro atoms. The zero-order valence-electron chi connectivity index (χ0n) is 11.7. The van der Waals surface area contributed by atoms with E-state index in [0.717, 1.165) is 24.1 Å². The molecule has 1 aromatic heterocycles. The number of aromatic nitrogens is 2. The molecule has 1 heterocycles. The van der Waals surface area contributed by atoms with Crippen molar-refractivity contribution in [3.63, 3.8) is 0 Å². The van der Waals surface area contributed by atoms with Crippen LogP contribution in [0.25, 0.3) is 0 Å². The van der Waals surface area contributed by atoms with Crippen molar-refractivity contribution >= 4 is 11.6 Å². The lowest BCUT2D eigenvalue weighted by Gasteiger charge is -2.34. The second-order valence-corrected chi connectivity index (χ2v) is 5.33. The third-order valence-corrected chi connectivity index (χ3v) is 3.83. The van der Waals surface area contributed by atoms with Crippen LogP contribution in [0.2, 0.25) is 0 Å². The molecule has 1 N–H and O–H groups in total. The predicted octanol–water partition coefficient (Wildman–Crippen LogP) is 2.92. The Kier molecular flexibility index (Phi) is 4.39. The SMILES string of the molecule is CCNc1cc(N(C)C2CCCC(C)C2)ncn1. The molecule has 1 aliphatic rings. The Labute approximate surface area is 110 Å². The minimum atomic E-state index is 0.623. The van der Waals surface area contributed by atoms with E-state index in [1.165, 1.54) is 25.7 Å². The molecule has 1 saturated carbocycles. The van der Waals surface area contributed by atoms with Gasteiger partial charge in [0, 0.05) is 25.7 Å². The Bertz CT molecular complexity index is 380. The molecule has 1 fully saturated rings. The maximum atomic E-state index is 4.40. The van der Waals surface area contributed by atoms with Gasteiger partial charge in [-0.05, 0) is 25.7 Å². The largest absolute Gasteiger partial charge is 0.370 e. The Balaban J connectivity index is 2.07. The Morgan fingerprint density at radius 3 is 2.94 bits per heavy atom. The van der Waals surface area contributed by atoms with E-state index >= 15 is 0 Å². The van der Waals surface area contributed by atoms with Gasteiger partial charge in [0.25, 0.3) is 0 Å². The summed E-state index contributed by atoms with van der Waals surface area (Å²) in [7, 11) is 2.15. The van der Waals surface area contributed by atoms with Gasteiger partial charge in [0.1, 0.15) is 18.0 Å². The second kappa shape index (κ2) is 6.03. The van der Waals surface area contributed by atoms with Crippen LogP contribution in [0.3, 0.4) is 0 Å². The van der Waals surface area contributed by atoms with Crippen LogP contribution >= 0.6 is 0 Å². The fourth-order valence-corrected chi connectivity index (χ4v) is 2.76. The van der Waals surface area contributed by atoms with Gasteiger partial charge in [-0.1, -0.05) is 19.8 Å². The molecule has 1 aliphatic carbocycles. The second-order valence-electron chi connectivity index (χ2n) is 5.33. The van der Waals surface area contributed by atoms with Crippen LogP contribution < -0.4 is 10.2 Å². The molecule has 0 saturated heterocycles. The van der Waals surface area contributed by atoms with Crippen molar-refractivity contribution in [3.8, 4) is 0 Å². The van der Waals surface area contributed by atoms with Crippen LogP contribution in [-0.4, -0.2) is 29.6 Å². The highest BCUT2D eigenvalue weighted by Crippen LogP contribution is 2.29. The molecular weight excluding hydrogens is 224 g/mol. The molecule has 4 heteroatoms. The summed E-state index contributed by atoms with van der Waals surface area (Å²) >= 11 is 0. The Hall–Kier alpha value is -1.32. The standard InChI is InChI=1S/C14H24N4/c1-4-15-13-9-14(17-10-16-13)18(3)12-7-5-6-11(2)8-12/h9-12H,4-8H2,1-3H3,(H,15,16,17). The number of anilines is 2. The summed E-state index contributed by atoms with van der Waals surface area (Å²) in [5, 5.41) is 3.24. The highest BCUT2D eigenvalue weighted by atomic mass is 15.2. The van der Waals surface area contributed by atoms with Crippen molar-refractivity contribution in [3.05, 3.63) is 12.4 Å². The van der Waals surface area contributed by atoms with Gasteiger partial charge in [0.15, 0.2) is 0 Å². The summed E-state index contributed by atoms with van der Waals surface area (Å²) in [5.74, 6) is 2.78. The summed E-state index contributed by atoms with van der Waals surface area (Å²) in [4.78, 5) is 10.9. The molecule has 0 radical (unpaired) electrons. The van der Waals surface area contributed by atoms with Gasteiger partial charge in [-0.2, -0.15) is 0 Å². The van der Waals surface area contributed by atoms with E-state index in [4.69, 9.17) is 0 Å². The molecule has 2 atom stereocenters. The molecule has 18 heavy (non-hydrogen) atoms. The van der Waals surface area contributed by atoms with E-state index in [9.17, 15) is 0 Å². The zero-order valence-corrected chi connectivity index (χ0v) is 11.7. The van der Waals surface area contributed by atoms with Crippen LogP contribution in [0, 0.1) is 5.92 Å². The molecule has 100 valence electrons. The van der Waals surface area contributed by atoms with E-state index in [-0.39, 0.29) is 0 Å². The number of nitrogens with one attached hydrogen (secondary N) is 1. The maximum absolute atomic E-state index is 4.40. The maximum Gasteiger partial charge on any atom is 0.134 e. The van der Waals surface area contributed by atoms with Crippen LogP contribution in [0.5, 0.6) is 0 Å². The van der Waals surface area contributed by atoms with E-state index < -0.39 is 0 Å². The first-order chi connectivity index (χ1) is 8.70. The third-order valence-electron chi connectivity index (χ3n) is 3.83. The lowest BCUT2D eigenvalue weighted by atomic mass is 9.86. The summed E-state index contributed by atoms with van der Waals surface area (Å²) < 4.78 is 0. The minimum absolute atomic E-state index is 0.623. The molecule has 2 unspecified atom stereocenters. The topological polar surface area (TPSA) is 41.0 Å². The van der Waals surface area contributed by atoms with E-state index in [1.54, 1.807) is 6.33 Å². The normalized spacial score (nSPS) is 23.7. The van der Waals surface area contributed by atoms with E-state index in [2.05, 4.69) is 41.1 Å². The predicted molar refractivity (Wildman–Crippen MR) is 76.0 cm³/mol. The van der Waals surface area contributed by atoms with Gasteiger partial charge in [-0.15, -0.1) is 0 Å². The first kappa shape index (κ1) is 13.1. The lowest BCUT2D eigenvalue weighted by Crippen LogP contribution is -2.36. The van der Waals surface area contributed by atoms with Crippen LogP contribution in [-0.2, 0) is 0 Å². The van der Waals surface area contributed by atoms with Crippen molar-refractivity contribution in [1.82, 2.24) is 9.97 Å². The highest BCUT2D eigenvalue weighted by molar-refractivity contribution is 5.48. The minimum Gasteiger partial charge on any atom is -0.370 e. The van der Waals surface area contributed by atoms with Gasteiger partial charge in [0.2, 0.25) is 0 Å². The number of rotatable bonds is 4. The van der Waals surface area contributed by atoms with Crippen molar-refractivity contribution < 1.29 is 0 Å². The zero-order chi connectivity index (χ0) is 13.0. The van der Waals surface area contributed by atoms with Gasteiger partial charge in [-0.3, -0.25) is 0 Å². The van der Waals surface area contributed by atoms with E-state index in [1.807, 2.05) is 6.07 Å². The van der Waals surface area contributed by atoms with Gasteiger partial charge in [0.05, 0.1) is 0 Å². The van der Waals surface area contributed by atoms with Crippen LogP contribution in [0.15, 0.2) is 12.4 Å². The summed E-state index contributed by atoms with van der Waals surface area (Å²) in [6.45, 7) is 5.32.